The number of hydrogen-bond acceptors (Lipinski definition) is 16. The van der Waals surface area contributed by atoms with Crippen molar-refractivity contribution >= 4 is 29.8 Å². The number of fused-ring (bicyclic) bond motifs is 1. The van der Waals surface area contributed by atoms with E-state index >= 15 is 0 Å². The third kappa shape index (κ3) is 15.9. The van der Waals surface area contributed by atoms with Crippen LogP contribution in [0.3, 0.4) is 0 Å². The van der Waals surface area contributed by atoms with Crippen LogP contribution in [0, 0.1) is 0 Å². The summed E-state index contributed by atoms with van der Waals surface area (Å²) in [6.07, 6.45) is 0.674. The number of nitrogens with one attached hydrogen (secondary N) is 2. The normalized spacial score (nSPS) is 26.7. The van der Waals surface area contributed by atoms with Crippen molar-refractivity contribution in [3.05, 3.63) is 53.1 Å². The zero-order valence-corrected chi connectivity index (χ0v) is 38.6. The van der Waals surface area contributed by atoms with Crippen LogP contribution >= 0.6 is 0 Å². The number of benzene rings is 1. The molecule has 18 nitrogen and oxygen atoms in total. The van der Waals surface area contributed by atoms with E-state index in [1.54, 1.807) is 63.3 Å². The molecule has 2 heterocycles. The van der Waals surface area contributed by atoms with Gasteiger partial charge in [0.05, 0.1) is 37.5 Å². The van der Waals surface area contributed by atoms with Crippen LogP contribution in [0.15, 0.2) is 42.0 Å². The van der Waals surface area contributed by atoms with Gasteiger partial charge >= 0.3 is 11.9 Å². The molecule has 2 aliphatic heterocycles. The van der Waals surface area contributed by atoms with E-state index in [1.165, 1.54) is 6.92 Å². The molecule has 0 spiro atoms. The fraction of sp³-hybridized carbons (Fsp3) is 0.702. The average Bonchev–Trinajstić information content (AvgIpc) is 3.63. The first-order chi connectivity index (χ1) is 30.8. The molecular formula is C47H72N2O16. The van der Waals surface area contributed by atoms with Crippen molar-refractivity contribution < 1.29 is 78.2 Å². The first-order valence-corrected chi connectivity index (χ1v) is 22.9. The van der Waals surface area contributed by atoms with Crippen LogP contribution in [0.4, 0.5) is 0 Å². The Morgan fingerprint density at radius 3 is 2.17 bits per heavy atom. The fourth-order valence-electron chi connectivity index (χ4n) is 7.90. The topological polar surface area (TPSA) is 269 Å². The van der Waals surface area contributed by atoms with E-state index in [0.717, 1.165) is 38.5 Å². The molecule has 366 valence electrons. The quantitative estimate of drug-likeness (QED) is 0.0547. The fourth-order valence-corrected chi connectivity index (χ4v) is 7.90. The van der Waals surface area contributed by atoms with Crippen molar-refractivity contribution in [2.75, 3.05) is 19.8 Å². The van der Waals surface area contributed by atoms with Crippen LogP contribution in [0.1, 0.15) is 128 Å². The molecule has 65 heavy (non-hydrogen) atoms. The monoisotopic (exact) mass is 920 g/mol. The first kappa shape index (κ1) is 53.8. The lowest BCUT2D eigenvalue weighted by atomic mass is 9.91. The Labute approximate surface area is 381 Å². The second-order valence-electron chi connectivity index (χ2n) is 18.1. The van der Waals surface area contributed by atoms with Gasteiger partial charge in [0.25, 0.3) is 0 Å². The molecule has 1 aromatic carbocycles. The minimum Gasteiger partial charge on any atom is -0.460 e. The third-order valence-electron chi connectivity index (χ3n) is 11.4. The van der Waals surface area contributed by atoms with Gasteiger partial charge in [0.15, 0.2) is 12.1 Å². The standard InChI is InChI=1S/C47H72N2O16/c1-7-9-11-21-47(22-12-10-8-2)63-34-25-31(42(57)49-37(28(3)52)43(58)48-32(26-50)19-20-36(53)64-46(4,5)6)24-33(41(34)65-47)61-44(59)30-17-15-29(16-18-30)14-13-23-60-45-40(56)39(55)38(54)35(27-51)62-45/h13-18,25,28,32-35,37-41,45,50-52,54-56H,7-12,19-24,26-27H2,1-6H3,(H,48,58)(H,49,57)/t28-,32-,33+,34+,35+,37+,38-,39-,40+,41-,45-/m0/s1. The maximum absolute atomic E-state index is 14.0. The van der Waals surface area contributed by atoms with Crippen LogP contribution in [-0.2, 0) is 42.8 Å². The highest BCUT2D eigenvalue weighted by Crippen LogP contribution is 2.43. The van der Waals surface area contributed by atoms with Gasteiger partial charge in [0.1, 0.15) is 54.4 Å². The molecular weight excluding hydrogens is 849 g/mol. The third-order valence-corrected chi connectivity index (χ3v) is 11.4. The Morgan fingerprint density at radius 2 is 1.58 bits per heavy atom. The van der Waals surface area contributed by atoms with E-state index < -0.39 is 116 Å². The van der Waals surface area contributed by atoms with E-state index in [1.807, 2.05) is 0 Å². The van der Waals surface area contributed by atoms with Crippen LogP contribution < -0.4 is 10.6 Å². The summed E-state index contributed by atoms with van der Waals surface area (Å²) in [5.74, 6) is -3.65. The number of rotatable bonds is 24. The van der Waals surface area contributed by atoms with Gasteiger partial charge in [-0.1, -0.05) is 63.8 Å². The molecule has 0 radical (unpaired) electrons. The highest BCUT2D eigenvalue weighted by molar-refractivity contribution is 5.97. The number of unbranched alkanes of at least 4 members (excludes halogenated alkanes) is 4. The number of amides is 2. The molecule has 1 aromatic rings. The molecule has 2 fully saturated rings. The van der Waals surface area contributed by atoms with Gasteiger partial charge in [-0.15, -0.1) is 0 Å². The van der Waals surface area contributed by atoms with Crippen molar-refractivity contribution in [2.24, 2.45) is 0 Å². The van der Waals surface area contributed by atoms with Crippen molar-refractivity contribution in [3.63, 3.8) is 0 Å². The maximum atomic E-state index is 14.0. The predicted octanol–water partition coefficient (Wildman–Crippen LogP) is 2.48. The number of esters is 2. The van der Waals surface area contributed by atoms with Gasteiger partial charge in [-0.2, -0.15) is 0 Å². The van der Waals surface area contributed by atoms with Gasteiger partial charge in [-0.3, -0.25) is 14.4 Å². The molecule has 3 aliphatic rings. The van der Waals surface area contributed by atoms with Gasteiger partial charge < -0.3 is 69.7 Å². The number of carbonyl (C=O) groups is 4. The summed E-state index contributed by atoms with van der Waals surface area (Å²) in [6, 6.07) is 4.15. The second kappa shape index (κ2) is 25.4. The number of hydrogen-bond donors (Lipinski definition) is 8. The Kier molecular flexibility index (Phi) is 21.0. The molecule has 1 aliphatic carbocycles. The predicted molar refractivity (Wildman–Crippen MR) is 236 cm³/mol. The van der Waals surface area contributed by atoms with Crippen molar-refractivity contribution in [3.8, 4) is 0 Å². The van der Waals surface area contributed by atoms with Crippen molar-refractivity contribution in [2.45, 2.75) is 191 Å². The minimum atomic E-state index is -1.56. The molecule has 18 heteroatoms. The van der Waals surface area contributed by atoms with E-state index in [-0.39, 0.29) is 37.0 Å². The zero-order valence-electron chi connectivity index (χ0n) is 38.6. The highest BCUT2D eigenvalue weighted by atomic mass is 16.8. The van der Waals surface area contributed by atoms with Crippen LogP contribution in [0.5, 0.6) is 0 Å². The molecule has 2 saturated heterocycles. The Bertz CT molecular complexity index is 1730. The summed E-state index contributed by atoms with van der Waals surface area (Å²) in [5, 5.41) is 65.5. The van der Waals surface area contributed by atoms with Crippen LogP contribution in [0.25, 0.3) is 6.08 Å². The highest BCUT2D eigenvalue weighted by Gasteiger charge is 2.52. The Balaban J connectivity index is 1.48. The summed E-state index contributed by atoms with van der Waals surface area (Å²) in [4.78, 5) is 53.5. The van der Waals surface area contributed by atoms with E-state index in [2.05, 4.69) is 24.5 Å². The molecule has 0 saturated carbocycles. The van der Waals surface area contributed by atoms with Gasteiger partial charge in [-0.05, 0) is 70.7 Å². The van der Waals surface area contributed by atoms with Crippen LogP contribution in [-0.4, -0.2) is 153 Å². The molecule has 11 atom stereocenters. The molecule has 0 unspecified atom stereocenters. The molecule has 0 aromatic heterocycles. The second-order valence-corrected chi connectivity index (χ2v) is 18.1. The summed E-state index contributed by atoms with van der Waals surface area (Å²) in [6.45, 7) is 9.58. The SMILES string of the molecule is CCCCCC1(CCCCC)O[C@@H]2[C@@H](C=C(C(=O)N[C@@H](C(=O)N[C@H](CO)CCC(=O)OC(C)(C)C)[C@H](C)O)C[C@H]2OC(=O)c2ccc(C=CCO[C@H]3O[C@H](CO)[C@H](O)[C@H](O)[C@H]3O)cc2)O1. The lowest BCUT2D eigenvalue weighted by Crippen LogP contribution is -2.59. The summed E-state index contributed by atoms with van der Waals surface area (Å²) < 4.78 is 35.7. The first-order valence-electron chi connectivity index (χ1n) is 22.9. The number of carbonyl (C=O) groups excluding carboxylic acids is 4. The average molecular weight is 921 g/mol. The summed E-state index contributed by atoms with van der Waals surface area (Å²) >= 11 is 0. The largest absolute Gasteiger partial charge is 0.460 e. The maximum Gasteiger partial charge on any atom is 0.338 e. The molecule has 2 amide bonds. The van der Waals surface area contributed by atoms with Crippen molar-refractivity contribution in [1.29, 1.82) is 0 Å². The minimum absolute atomic E-state index is 0.0530. The lowest BCUT2D eigenvalue weighted by molar-refractivity contribution is -0.298. The van der Waals surface area contributed by atoms with Crippen LogP contribution in [0.2, 0.25) is 0 Å². The molecule has 4 rings (SSSR count). The van der Waals surface area contributed by atoms with E-state index in [4.69, 9.17) is 28.4 Å². The van der Waals surface area contributed by atoms with E-state index in [9.17, 15) is 49.8 Å². The number of aliphatic hydroxyl groups is 6. The van der Waals surface area contributed by atoms with E-state index in [0.29, 0.717) is 18.4 Å². The molecule has 8 N–H and O–H groups in total. The summed E-state index contributed by atoms with van der Waals surface area (Å²) in [5.41, 5.74) is 0.334. The lowest BCUT2D eigenvalue weighted by Gasteiger charge is -2.39. The Hall–Kier alpha value is -3.82. The number of ether oxygens (including phenoxy) is 6. The van der Waals surface area contributed by atoms with Gasteiger partial charge in [0, 0.05) is 31.3 Å². The smallest absolute Gasteiger partial charge is 0.338 e. The number of aliphatic hydroxyl groups excluding tert-OH is 6. The van der Waals surface area contributed by atoms with Crippen molar-refractivity contribution in [1.82, 2.24) is 10.6 Å². The summed E-state index contributed by atoms with van der Waals surface area (Å²) in [7, 11) is 0. The zero-order chi connectivity index (χ0) is 47.9. The Morgan fingerprint density at radius 1 is 0.923 bits per heavy atom. The van der Waals surface area contributed by atoms with Gasteiger partial charge in [0.2, 0.25) is 11.8 Å². The van der Waals surface area contributed by atoms with Gasteiger partial charge in [-0.25, -0.2) is 4.79 Å². The molecule has 0 bridgehead atoms.